The molecular weight excluding hydrogens is 777 g/mol. The number of carbonyl (C=O) groups excluding carboxylic acids is 2. The van der Waals surface area contributed by atoms with Gasteiger partial charge in [-0.15, -0.1) is 0 Å². The van der Waals surface area contributed by atoms with Crippen LogP contribution in [0.1, 0.15) is 90.6 Å². The summed E-state index contributed by atoms with van der Waals surface area (Å²) < 4.78 is 30.4. The Hall–Kier alpha value is -5.59. The lowest BCUT2D eigenvalue weighted by Crippen LogP contribution is -2.52. The van der Waals surface area contributed by atoms with Gasteiger partial charge in [-0.25, -0.2) is 9.59 Å². The maximum absolute atomic E-state index is 14.5. The fraction of sp³-hybridized carbons (Fsp3) is 0.380. The van der Waals surface area contributed by atoms with Crippen molar-refractivity contribution in [3.8, 4) is 5.75 Å². The number of aliphatic hydroxyl groups excluding tert-OH is 3. The van der Waals surface area contributed by atoms with Gasteiger partial charge in [0.05, 0.1) is 25.4 Å². The third-order valence-electron chi connectivity index (χ3n) is 11.9. The number of hydrogen-bond donors (Lipinski definition) is 3. The molecule has 0 saturated heterocycles. The van der Waals surface area contributed by atoms with Crippen molar-refractivity contribution < 1.29 is 48.3 Å². The normalized spacial score (nSPS) is 20.0. The second-order valence-corrected chi connectivity index (χ2v) is 16.6. The minimum atomic E-state index is -1.30. The summed E-state index contributed by atoms with van der Waals surface area (Å²) in [5.74, 6) is -1.11. The first-order valence-corrected chi connectivity index (χ1v) is 21.0. The molecule has 0 aliphatic carbocycles. The molecule has 11 nitrogen and oxygen atoms in total. The molecule has 0 unspecified atom stereocenters. The van der Waals surface area contributed by atoms with E-state index >= 15 is 0 Å². The van der Waals surface area contributed by atoms with Crippen LogP contribution in [-0.2, 0) is 62.5 Å². The van der Waals surface area contributed by atoms with Crippen LogP contribution in [-0.4, -0.2) is 59.0 Å². The highest BCUT2D eigenvalue weighted by atomic mass is 16.6. The summed E-state index contributed by atoms with van der Waals surface area (Å²) in [7, 11) is 0. The number of esters is 2. The third-order valence-corrected chi connectivity index (χ3v) is 11.9. The van der Waals surface area contributed by atoms with Crippen LogP contribution in [0, 0.1) is 5.92 Å². The van der Waals surface area contributed by atoms with E-state index in [0.29, 0.717) is 35.8 Å². The smallest absolute Gasteiger partial charge is 0.339 e. The number of aliphatic hydroxyl groups is 3. The second-order valence-electron chi connectivity index (χ2n) is 16.6. The van der Waals surface area contributed by atoms with Gasteiger partial charge in [-0.1, -0.05) is 78.9 Å². The van der Waals surface area contributed by atoms with Crippen LogP contribution >= 0.6 is 0 Å². The summed E-state index contributed by atoms with van der Waals surface area (Å²) in [5, 5.41) is 30.3. The third kappa shape index (κ3) is 10.1. The predicted molar refractivity (Wildman–Crippen MR) is 229 cm³/mol. The van der Waals surface area contributed by atoms with Crippen LogP contribution in [0.25, 0.3) is 11.0 Å². The van der Waals surface area contributed by atoms with Gasteiger partial charge in [-0.3, -0.25) is 4.79 Å². The molecule has 0 spiro atoms. The topological polar surface area (TPSA) is 162 Å². The Morgan fingerprint density at radius 3 is 2.26 bits per heavy atom. The molecule has 3 atom stereocenters. The van der Waals surface area contributed by atoms with Crippen LogP contribution < -0.4 is 10.4 Å². The zero-order valence-electron chi connectivity index (χ0n) is 35.0. The lowest BCUT2D eigenvalue weighted by atomic mass is 9.86. The van der Waals surface area contributed by atoms with E-state index in [2.05, 4.69) is 48.5 Å². The van der Waals surface area contributed by atoms with Crippen molar-refractivity contribution >= 4 is 22.9 Å². The fourth-order valence-electron chi connectivity index (χ4n) is 8.60. The molecule has 0 amide bonds. The van der Waals surface area contributed by atoms with Gasteiger partial charge >= 0.3 is 17.6 Å². The van der Waals surface area contributed by atoms with Crippen molar-refractivity contribution in [3.63, 3.8) is 0 Å². The first kappa shape index (κ1) is 43.5. The molecule has 1 aromatic heterocycles. The van der Waals surface area contributed by atoms with Gasteiger partial charge in [0.2, 0.25) is 0 Å². The van der Waals surface area contributed by atoms with Crippen LogP contribution in [0.2, 0.25) is 0 Å². The zero-order valence-corrected chi connectivity index (χ0v) is 35.0. The van der Waals surface area contributed by atoms with Crippen LogP contribution in [0.15, 0.2) is 111 Å². The highest BCUT2D eigenvalue weighted by molar-refractivity contribution is 5.90. The fourth-order valence-corrected chi connectivity index (χ4v) is 8.60. The van der Waals surface area contributed by atoms with E-state index in [1.54, 1.807) is 32.9 Å². The Labute approximate surface area is 355 Å². The first-order valence-electron chi connectivity index (χ1n) is 21.0. The van der Waals surface area contributed by atoms with Crippen LogP contribution in [0.3, 0.4) is 0 Å². The zero-order chi connectivity index (χ0) is 43.1. The van der Waals surface area contributed by atoms with Crippen molar-refractivity contribution in [3.05, 3.63) is 157 Å². The molecule has 3 aliphatic rings. The minimum Gasteiger partial charge on any atom is -0.483 e. The van der Waals surface area contributed by atoms with Gasteiger partial charge < -0.3 is 38.7 Å². The van der Waals surface area contributed by atoms with E-state index in [-0.39, 0.29) is 66.4 Å². The Morgan fingerprint density at radius 2 is 1.52 bits per heavy atom. The number of rotatable bonds is 11. The molecular formula is C50H54O11. The summed E-state index contributed by atoms with van der Waals surface area (Å²) in [6, 6.07) is 30.4. The van der Waals surface area contributed by atoms with E-state index in [0.717, 1.165) is 24.0 Å². The molecule has 4 aromatic carbocycles. The standard InChI is InChI=1S/C50H54O11/c1-31(28-51)38-19-18-32-12-14-35(15-13-32)26-37(17-16-34-10-7-11-36(25-34)24-33-8-5-4-6-9-33)27-43(54)58-46-44-42(61-50(2,3)47(46)60-48(38)55)21-20-39-41(29-52)40(22-23-57-30-53)49(56)59-45(39)44/h4-15,20-21,25,37,46-47,51-53H,16-19,22-24,26-30H2,1-3H3/b38-31-/t37-,46+,47-/m0/s1. The van der Waals surface area contributed by atoms with Crippen molar-refractivity contribution in [2.24, 2.45) is 5.92 Å². The Bertz CT molecular complexity index is 2430. The number of ether oxygens (including phenoxy) is 4. The average Bonchev–Trinajstić information content (AvgIpc) is 3.24. The maximum Gasteiger partial charge on any atom is 0.339 e. The Morgan fingerprint density at radius 1 is 0.787 bits per heavy atom. The van der Waals surface area contributed by atoms with E-state index in [4.69, 9.17) is 28.5 Å². The quantitative estimate of drug-likeness (QED) is 0.0406. The van der Waals surface area contributed by atoms with Gasteiger partial charge in [-0.05, 0) is 116 Å². The molecule has 2 bridgehead atoms. The number of benzene rings is 4. The number of hydrogen-bond acceptors (Lipinski definition) is 11. The highest BCUT2D eigenvalue weighted by Gasteiger charge is 2.50. The lowest BCUT2D eigenvalue weighted by molar-refractivity contribution is -0.188. The van der Waals surface area contributed by atoms with Crippen LogP contribution in [0.4, 0.5) is 0 Å². The highest BCUT2D eigenvalue weighted by Crippen LogP contribution is 2.47. The summed E-state index contributed by atoms with van der Waals surface area (Å²) in [6.45, 7) is 3.73. The van der Waals surface area contributed by atoms with Crippen molar-refractivity contribution in [2.45, 2.75) is 96.6 Å². The minimum absolute atomic E-state index is 0.00759. The number of fused-ring (bicyclic) bond motifs is 13. The van der Waals surface area contributed by atoms with E-state index in [1.807, 2.05) is 30.3 Å². The van der Waals surface area contributed by atoms with Crippen molar-refractivity contribution in [1.29, 1.82) is 0 Å². The van der Waals surface area contributed by atoms with Gasteiger partial charge in [0.25, 0.3) is 0 Å². The lowest BCUT2D eigenvalue weighted by Gasteiger charge is -2.43. The summed E-state index contributed by atoms with van der Waals surface area (Å²) in [6.07, 6.45) is 1.22. The van der Waals surface area contributed by atoms with Gasteiger partial charge in [-0.2, -0.15) is 0 Å². The molecule has 4 heterocycles. The molecule has 0 fully saturated rings. The Balaban J connectivity index is 1.28. The van der Waals surface area contributed by atoms with Gasteiger partial charge in [0.1, 0.15) is 23.7 Å². The van der Waals surface area contributed by atoms with Crippen LogP contribution in [0.5, 0.6) is 5.75 Å². The number of aryl methyl sites for hydroxylation is 2. The van der Waals surface area contributed by atoms with E-state index < -0.39 is 48.8 Å². The summed E-state index contributed by atoms with van der Waals surface area (Å²) in [5.41, 5.74) is 5.10. The predicted octanol–water partition coefficient (Wildman–Crippen LogP) is 7.19. The summed E-state index contributed by atoms with van der Waals surface area (Å²) in [4.78, 5) is 42.4. The van der Waals surface area contributed by atoms with Crippen molar-refractivity contribution in [1.82, 2.24) is 0 Å². The molecule has 5 aromatic rings. The molecule has 11 heteroatoms. The second kappa shape index (κ2) is 19.4. The van der Waals surface area contributed by atoms with Gasteiger partial charge in [0.15, 0.2) is 12.2 Å². The monoisotopic (exact) mass is 830 g/mol. The molecule has 3 N–H and O–H groups in total. The summed E-state index contributed by atoms with van der Waals surface area (Å²) >= 11 is 0. The SMILES string of the molecule is C/C(CO)=C1\CCc2ccc(cc2)C[C@H](CCc2cccc(Cc3ccccc3)c2)CC(=O)O[C@@H]2c3c(ccc4c(CO)c(CCOCO)c(=O)oc34)OC(C)(C)[C@H]2OC1=O. The largest absolute Gasteiger partial charge is 0.483 e. The van der Waals surface area contributed by atoms with E-state index in [9.17, 15) is 24.6 Å². The molecule has 61 heavy (non-hydrogen) atoms. The van der Waals surface area contributed by atoms with Gasteiger partial charge in [0, 0.05) is 29.4 Å². The average molecular weight is 831 g/mol. The molecule has 320 valence electrons. The number of carbonyl (C=O) groups is 2. The van der Waals surface area contributed by atoms with E-state index in [1.165, 1.54) is 16.7 Å². The molecule has 8 rings (SSSR count). The molecule has 3 aliphatic heterocycles. The Kier molecular flexibility index (Phi) is 13.8. The van der Waals surface area contributed by atoms with Crippen molar-refractivity contribution in [2.75, 3.05) is 20.0 Å². The molecule has 0 saturated carbocycles. The molecule has 0 radical (unpaired) electrons. The maximum atomic E-state index is 14.5. The first-order chi connectivity index (χ1) is 29.5.